The van der Waals surface area contributed by atoms with Gasteiger partial charge in [0.15, 0.2) is 5.22 Å². The summed E-state index contributed by atoms with van der Waals surface area (Å²) in [5, 5.41) is 15.6. The quantitative estimate of drug-likeness (QED) is 0.480. The van der Waals surface area contributed by atoms with Gasteiger partial charge in [0.1, 0.15) is 11.5 Å². The molecule has 0 atom stereocenters. The van der Waals surface area contributed by atoms with E-state index in [1.807, 2.05) is 24.3 Å². The number of pyridine rings is 1. The molecule has 7 heteroatoms. The minimum absolute atomic E-state index is 0.128. The molecule has 1 aliphatic heterocycles. The predicted molar refractivity (Wildman–Crippen MR) is 99.5 cm³/mol. The van der Waals surface area contributed by atoms with Crippen molar-refractivity contribution in [2.45, 2.75) is 6.54 Å². The van der Waals surface area contributed by atoms with E-state index in [-0.39, 0.29) is 5.88 Å². The van der Waals surface area contributed by atoms with Gasteiger partial charge in [0.05, 0.1) is 30.4 Å². The van der Waals surface area contributed by atoms with Gasteiger partial charge in [0, 0.05) is 17.1 Å². The van der Waals surface area contributed by atoms with Crippen LogP contribution in [0.4, 0.5) is 11.4 Å². The molecule has 1 aromatic carbocycles. The van der Waals surface area contributed by atoms with Gasteiger partial charge in [-0.15, -0.1) is 0 Å². The third-order valence-electron chi connectivity index (χ3n) is 4.59. The molecule has 1 aliphatic rings. The first-order valence-electron chi connectivity index (χ1n) is 8.06. The monoisotopic (exact) mass is 367 g/mol. The average Bonchev–Trinajstić information content (AvgIpc) is 3.19. The van der Waals surface area contributed by atoms with Crippen molar-refractivity contribution < 1.29 is 14.3 Å². The number of benzene rings is 1. The van der Waals surface area contributed by atoms with Crippen LogP contribution in [0, 0.1) is 0 Å². The summed E-state index contributed by atoms with van der Waals surface area (Å²) in [5.41, 5.74) is 3.95. The lowest BCUT2D eigenvalue weighted by molar-refractivity contribution is 0.398. The Morgan fingerprint density at radius 3 is 2.85 bits per heavy atom. The van der Waals surface area contributed by atoms with Crippen molar-refractivity contribution in [2.75, 3.05) is 12.4 Å². The molecule has 0 amide bonds. The Morgan fingerprint density at radius 2 is 2.08 bits per heavy atom. The maximum Gasteiger partial charge on any atom is 0.213 e. The zero-order valence-electron chi connectivity index (χ0n) is 13.8. The SMILES string of the molecule is COc1ccc2c(n1)-c1c(O)n(Cc3ccc(Cl)o3)c3cccc(c13)N2. The first-order valence-corrected chi connectivity index (χ1v) is 8.44. The molecule has 0 radical (unpaired) electrons. The molecule has 0 unspecified atom stereocenters. The van der Waals surface area contributed by atoms with Crippen LogP contribution in [-0.4, -0.2) is 21.8 Å². The molecule has 6 nitrogen and oxygen atoms in total. The molecule has 0 saturated heterocycles. The molecule has 2 N–H and O–H groups in total. The summed E-state index contributed by atoms with van der Waals surface area (Å²) in [6.07, 6.45) is 0. The normalized spacial score (nSPS) is 12.1. The molecule has 0 fully saturated rings. The number of aromatic nitrogens is 2. The predicted octanol–water partition coefficient (Wildman–Crippen LogP) is 4.77. The van der Waals surface area contributed by atoms with Gasteiger partial charge in [-0.3, -0.25) is 0 Å². The fraction of sp³-hybridized carbons (Fsp3) is 0.105. The number of hydrogen-bond acceptors (Lipinski definition) is 5. The minimum atomic E-state index is 0.128. The molecule has 26 heavy (non-hydrogen) atoms. The number of nitrogens with one attached hydrogen (secondary N) is 1. The standard InChI is InChI=1S/C19H14ClN3O3/c1-25-15-8-6-12-18(22-15)17-16-11(21-12)3-2-4-13(16)23(19(17)24)9-10-5-7-14(20)26-10/h2-8,21,24H,9H2,1H3. The maximum absolute atomic E-state index is 11.0. The zero-order valence-corrected chi connectivity index (χ0v) is 14.5. The number of aromatic hydroxyl groups is 1. The molecule has 4 heterocycles. The van der Waals surface area contributed by atoms with Crippen LogP contribution in [0.15, 0.2) is 46.9 Å². The number of methoxy groups -OCH3 is 1. The Balaban J connectivity index is 1.78. The van der Waals surface area contributed by atoms with Crippen molar-refractivity contribution >= 4 is 33.9 Å². The van der Waals surface area contributed by atoms with Crippen LogP contribution in [0.3, 0.4) is 0 Å². The zero-order chi connectivity index (χ0) is 17.8. The summed E-state index contributed by atoms with van der Waals surface area (Å²) in [7, 11) is 1.57. The second-order valence-corrected chi connectivity index (χ2v) is 6.44. The molecule has 0 spiro atoms. The van der Waals surface area contributed by atoms with Crippen molar-refractivity contribution in [3.63, 3.8) is 0 Å². The number of ether oxygens (including phenoxy) is 1. The van der Waals surface area contributed by atoms with Crippen LogP contribution in [0.5, 0.6) is 11.8 Å². The molecule has 0 saturated carbocycles. The summed E-state index contributed by atoms with van der Waals surface area (Å²) in [5.74, 6) is 1.27. The Morgan fingerprint density at radius 1 is 1.19 bits per heavy atom. The Hall–Kier alpha value is -3.12. The highest BCUT2D eigenvalue weighted by Crippen LogP contribution is 2.49. The van der Waals surface area contributed by atoms with Gasteiger partial charge in [-0.1, -0.05) is 6.07 Å². The van der Waals surface area contributed by atoms with Crippen LogP contribution < -0.4 is 10.1 Å². The molecule has 0 bridgehead atoms. The van der Waals surface area contributed by atoms with Gasteiger partial charge in [0.2, 0.25) is 11.8 Å². The van der Waals surface area contributed by atoms with Gasteiger partial charge in [-0.05, 0) is 41.9 Å². The second kappa shape index (κ2) is 5.44. The number of rotatable bonds is 3. The summed E-state index contributed by atoms with van der Waals surface area (Å²) in [6.45, 7) is 0.359. The number of anilines is 2. The summed E-state index contributed by atoms with van der Waals surface area (Å²) < 4.78 is 12.5. The van der Waals surface area contributed by atoms with Crippen LogP contribution >= 0.6 is 11.6 Å². The lowest BCUT2D eigenvalue weighted by atomic mass is 10.0. The maximum atomic E-state index is 11.0. The van der Waals surface area contributed by atoms with E-state index in [4.69, 9.17) is 20.8 Å². The number of hydrogen-bond donors (Lipinski definition) is 2. The van der Waals surface area contributed by atoms with Crippen LogP contribution in [0.2, 0.25) is 5.22 Å². The minimum Gasteiger partial charge on any atom is -0.494 e. The number of nitrogens with zero attached hydrogens (tertiary/aromatic N) is 2. The summed E-state index contributed by atoms with van der Waals surface area (Å²) in [4.78, 5) is 4.54. The van der Waals surface area contributed by atoms with E-state index in [9.17, 15) is 5.11 Å². The van der Waals surface area contributed by atoms with Crippen molar-refractivity contribution in [2.24, 2.45) is 0 Å². The first kappa shape index (κ1) is 15.2. The van der Waals surface area contributed by atoms with Gasteiger partial charge in [-0.2, -0.15) is 0 Å². The van der Waals surface area contributed by atoms with E-state index in [2.05, 4.69) is 10.3 Å². The molecule has 4 aromatic rings. The fourth-order valence-electron chi connectivity index (χ4n) is 3.46. The van der Waals surface area contributed by atoms with Crippen LogP contribution in [-0.2, 0) is 6.54 Å². The molecule has 0 aliphatic carbocycles. The van der Waals surface area contributed by atoms with E-state index in [0.29, 0.717) is 34.7 Å². The molecular weight excluding hydrogens is 354 g/mol. The van der Waals surface area contributed by atoms with E-state index in [1.54, 1.807) is 29.9 Å². The Kier molecular flexibility index (Phi) is 3.17. The largest absolute Gasteiger partial charge is 0.494 e. The van der Waals surface area contributed by atoms with Gasteiger partial charge < -0.3 is 24.1 Å². The summed E-state index contributed by atoms with van der Waals surface area (Å²) in [6, 6.07) is 13.0. The fourth-order valence-corrected chi connectivity index (χ4v) is 3.62. The highest BCUT2D eigenvalue weighted by Gasteiger charge is 2.28. The third-order valence-corrected chi connectivity index (χ3v) is 4.79. The Labute approximate surface area is 153 Å². The van der Waals surface area contributed by atoms with Gasteiger partial charge in [-0.25, -0.2) is 4.98 Å². The van der Waals surface area contributed by atoms with Crippen molar-refractivity contribution in [3.8, 4) is 23.0 Å². The highest BCUT2D eigenvalue weighted by atomic mass is 35.5. The molecule has 5 rings (SSSR count). The molecule has 3 aromatic heterocycles. The van der Waals surface area contributed by atoms with Crippen LogP contribution in [0.1, 0.15) is 5.76 Å². The van der Waals surface area contributed by atoms with E-state index in [1.165, 1.54) is 0 Å². The van der Waals surface area contributed by atoms with Crippen molar-refractivity contribution in [1.29, 1.82) is 0 Å². The number of halogens is 1. The van der Waals surface area contributed by atoms with Crippen molar-refractivity contribution in [3.05, 3.63) is 53.4 Å². The number of fused-ring (bicyclic) bond motifs is 2. The Bertz CT molecular complexity index is 1160. The highest BCUT2D eigenvalue weighted by molar-refractivity contribution is 6.28. The lowest BCUT2D eigenvalue weighted by Gasteiger charge is -2.18. The van der Waals surface area contributed by atoms with E-state index < -0.39 is 0 Å². The smallest absolute Gasteiger partial charge is 0.213 e. The summed E-state index contributed by atoms with van der Waals surface area (Å²) >= 11 is 5.88. The molecular formula is C19H14ClN3O3. The van der Waals surface area contributed by atoms with Crippen molar-refractivity contribution in [1.82, 2.24) is 9.55 Å². The van der Waals surface area contributed by atoms with Gasteiger partial charge in [0.25, 0.3) is 0 Å². The topological polar surface area (TPSA) is 72.5 Å². The van der Waals surface area contributed by atoms with E-state index in [0.717, 1.165) is 22.3 Å². The van der Waals surface area contributed by atoms with Gasteiger partial charge >= 0.3 is 0 Å². The van der Waals surface area contributed by atoms with Crippen LogP contribution in [0.25, 0.3) is 22.2 Å². The average molecular weight is 368 g/mol. The lowest BCUT2D eigenvalue weighted by Crippen LogP contribution is -2.02. The third kappa shape index (κ3) is 2.09. The molecule has 130 valence electrons. The first-order chi connectivity index (χ1) is 12.7. The second-order valence-electron chi connectivity index (χ2n) is 6.07. The van der Waals surface area contributed by atoms with E-state index >= 15 is 0 Å². The number of furan rings is 1.